The number of fused-ring (bicyclic) bond motifs is 7. The number of furan rings is 1. The summed E-state index contributed by atoms with van der Waals surface area (Å²) < 4.78 is 8.70. The van der Waals surface area contributed by atoms with E-state index in [1.165, 1.54) is 66.0 Å². The zero-order chi connectivity index (χ0) is 48.2. The molecule has 0 fully saturated rings. The first-order valence-corrected chi connectivity index (χ1v) is 25.0. The molecule has 0 unspecified atom stereocenters. The summed E-state index contributed by atoms with van der Waals surface area (Å²) in [6.45, 7) is 0. The highest BCUT2D eigenvalue weighted by Crippen LogP contribution is 2.41. The van der Waals surface area contributed by atoms with Crippen molar-refractivity contribution in [2.75, 3.05) is 4.90 Å². The van der Waals surface area contributed by atoms with Gasteiger partial charge in [0.1, 0.15) is 11.2 Å². The third-order valence-corrected chi connectivity index (χ3v) is 14.6. The highest BCUT2D eigenvalue weighted by molar-refractivity contribution is 6.09. The second kappa shape index (κ2) is 17.6. The first-order chi connectivity index (χ1) is 36.2. The molecule has 0 aliphatic rings. The maximum Gasteiger partial charge on any atom is 0.136 e. The molecule has 0 atom stereocenters. The van der Waals surface area contributed by atoms with Crippen molar-refractivity contribution in [3.8, 4) is 61.3 Å². The summed E-state index contributed by atoms with van der Waals surface area (Å²) in [5.74, 6) is 0. The van der Waals surface area contributed by atoms with Crippen molar-refractivity contribution in [1.82, 2.24) is 4.57 Å². The number of para-hydroxylation sites is 3. The number of anilines is 3. The molecule has 0 spiro atoms. The second-order valence-corrected chi connectivity index (χ2v) is 18.9. The Balaban J connectivity index is 0.786. The molecular weight excluding hydrogens is 885 g/mol. The summed E-state index contributed by atoms with van der Waals surface area (Å²) in [4.78, 5) is 2.35. The fraction of sp³-hybridized carbons (Fsp3) is 0. The van der Waals surface area contributed by atoms with Crippen molar-refractivity contribution in [3.05, 3.63) is 279 Å². The van der Waals surface area contributed by atoms with E-state index in [9.17, 15) is 0 Å². The second-order valence-electron chi connectivity index (χ2n) is 18.9. The third kappa shape index (κ3) is 7.54. The average Bonchev–Trinajstić information content (AvgIpc) is 4.01. The lowest BCUT2D eigenvalue weighted by molar-refractivity contribution is 0.669. The third-order valence-electron chi connectivity index (χ3n) is 14.6. The highest BCUT2D eigenvalue weighted by atomic mass is 16.3. The Bertz CT molecular complexity index is 4300. The van der Waals surface area contributed by atoms with Gasteiger partial charge in [-0.05, 0) is 151 Å². The molecule has 2 heterocycles. The first-order valence-electron chi connectivity index (χ1n) is 25.0. The molecule has 3 heteroatoms. The van der Waals surface area contributed by atoms with E-state index < -0.39 is 0 Å². The fourth-order valence-corrected chi connectivity index (χ4v) is 11.0. The van der Waals surface area contributed by atoms with Crippen LogP contribution < -0.4 is 4.90 Å². The quantitative estimate of drug-likeness (QED) is 0.144. The van der Waals surface area contributed by atoms with Crippen molar-refractivity contribution in [2.45, 2.75) is 0 Å². The smallest absolute Gasteiger partial charge is 0.136 e. The Morgan fingerprint density at radius 3 is 1.36 bits per heavy atom. The summed E-state index contributed by atoms with van der Waals surface area (Å²) in [6, 6.07) is 101. The van der Waals surface area contributed by atoms with Gasteiger partial charge in [-0.1, -0.05) is 194 Å². The van der Waals surface area contributed by atoms with E-state index in [1.54, 1.807) is 0 Å². The van der Waals surface area contributed by atoms with Crippen LogP contribution >= 0.6 is 0 Å². The number of aromatic nitrogens is 1. The van der Waals surface area contributed by atoms with E-state index >= 15 is 0 Å². The molecule has 0 aliphatic carbocycles. The maximum absolute atomic E-state index is 6.32. The topological polar surface area (TPSA) is 21.3 Å². The number of nitrogens with zero attached hydrogens (tertiary/aromatic N) is 2. The molecule has 0 N–H and O–H groups in total. The van der Waals surface area contributed by atoms with E-state index in [1.807, 2.05) is 12.1 Å². The van der Waals surface area contributed by atoms with Crippen molar-refractivity contribution in [1.29, 1.82) is 0 Å². The van der Waals surface area contributed by atoms with Gasteiger partial charge in [-0.25, -0.2) is 0 Å². The standard InChI is InChI=1S/C70H46N2O/c1-2-13-53-44-55(29-28-47(53)12-1)51-32-39-58(40-33-51)71(59-41-34-52(35-42-59)61-16-3-4-17-62(61)56-36-43-66-65-20-7-10-23-69(65)73-70(66)46-56)57-37-30-49(31-38-57)48-24-26-50(27-25-48)54-14-11-15-60(45-54)72-67-21-8-5-18-63(67)64-19-6-9-22-68(64)72/h1-46H. The van der Waals surface area contributed by atoms with Gasteiger partial charge in [0.05, 0.1) is 11.0 Å². The monoisotopic (exact) mass is 930 g/mol. The summed E-state index contributed by atoms with van der Waals surface area (Å²) in [6.07, 6.45) is 0. The molecule has 0 radical (unpaired) electrons. The van der Waals surface area contributed by atoms with Crippen LogP contribution in [0.5, 0.6) is 0 Å². The SMILES string of the molecule is c1cc(-c2ccc(-c3ccc(N(c4ccc(-c5ccc6ccccc6c5)cc4)c4ccc(-c5ccccc5-c5ccc6c(c5)oc5ccccc56)cc4)cc3)cc2)cc(-n2c3ccccc3c3ccccc32)c1. The largest absolute Gasteiger partial charge is 0.456 e. The van der Waals surface area contributed by atoms with Crippen LogP contribution in [-0.2, 0) is 0 Å². The fourth-order valence-electron chi connectivity index (χ4n) is 11.0. The van der Waals surface area contributed by atoms with Crippen LogP contribution in [0, 0.1) is 0 Å². The molecule has 2 aromatic heterocycles. The minimum atomic E-state index is 0.895. The van der Waals surface area contributed by atoms with Crippen LogP contribution in [-0.4, -0.2) is 4.57 Å². The Morgan fingerprint density at radius 1 is 0.260 bits per heavy atom. The molecule has 0 saturated heterocycles. The summed E-state index contributed by atoms with van der Waals surface area (Å²) in [5.41, 5.74) is 20.3. The Morgan fingerprint density at radius 2 is 0.712 bits per heavy atom. The van der Waals surface area contributed by atoms with Gasteiger partial charge in [0.25, 0.3) is 0 Å². The minimum Gasteiger partial charge on any atom is -0.456 e. The maximum atomic E-state index is 6.32. The van der Waals surface area contributed by atoms with Crippen molar-refractivity contribution < 1.29 is 4.42 Å². The van der Waals surface area contributed by atoms with E-state index in [0.29, 0.717) is 0 Å². The molecule has 342 valence electrons. The highest BCUT2D eigenvalue weighted by Gasteiger charge is 2.17. The Kier molecular flexibility index (Phi) is 10.2. The molecular formula is C70H46N2O. The predicted molar refractivity (Wildman–Crippen MR) is 307 cm³/mol. The van der Waals surface area contributed by atoms with E-state index in [2.05, 4.69) is 276 Å². The number of benzene rings is 12. The van der Waals surface area contributed by atoms with Crippen LogP contribution in [0.1, 0.15) is 0 Å². The van der Waals surface area contributed by atoms with E-state index in [-0.39, 0.29) is 0 Å². The van der Waals surface area contributed by atoms with E-state index in [0.717, 1.165) is 66.9 Å². The van der Waals surface area contributed by atoms with Gasteiger partial charge in [-0.15, -0.1) is 0 Å². The molecule has 0 aliphatic heterocycles. The summed E-state index contributed by atoms with van der Waals surface area (Å²) >= 11 is 0. The molecule has 12 aromatic carbocycles. The van der Waals surface area contributed by atoms with Crippen LogP contribution in [0.4, 0.5) is 17.1 Å². The van der Waals surface area contributed by atoms with Crippen LogP contribution in [0.3, 0.4) is 0 Å². The number of rotatable bonds is 9. The van der Waals surface area contributed by atoms with Crippen LogP contribution in [0.25, 0.3) is 116 Å². The van der Waals surface area contributed by atoms with Crippen LogP contribution in [0.2, 0.25) is 0 Å². The van der Waals surface area contributed by atoms with Gasteiger partial charge in [0.15, 0.2) is 0 Å². The lowest BCUT2D eigenvalue weighted by Crippen LogP contribution is -2.09. The molecule has 14 aromatic rings. The minimum absolute atomic E-state index is 0.895. The van der Waals surface area contributed by atoms with Crippen molar-refractivity contribution in [3.63, 3.8) is 0 Å². The van der Waals surface area contributed by atoms with E-state index in [4.69, 9.17) is 4.42 Å². The van der Waals surface area contributed by atoms with Gasteiger partial charge in [-0.3, -0.25) is 0 Å². The molecule has 0 bridgehead atoms. The molecule has 0 amide bonds. The van der Waals surface area contributed by atoms with Gasteiger partial charge in [-0.2, -0.15) is 0 Å². The molecule has 3 nitrogen and oxygen atoms in total. The van der Waals surface area contributed by atoms with Crippen molar-refractivity contribution in [2.24, 2.45) is 0 Å². The summed E-state index contributed by atoms with van der Waals surface area (Å²) in [7, 11) is 0. The van der Waals surface area contributed by atoms with Crippen molar-refractivity contribution >= 4 is 71.6 Å². The predicted octanol–water partition coefficient (Wildman–Crippen LogP) is 19.6. The zero-order valence-electron chi connectivity index (χ0n) is 39.9. The Hall–Kier alpha value is -9.70. The zero-order valence-corrected chi connectivity index (χ0v) is 39.9. The normalized spacial score (nSPS) is 11.6. The van der Waals surface area contributed by atoms with Gasteiger partial charge in [0.2, 0.25) is 0 Å². The lowest BCUT2D eigenvalue weighted by Gasteiger charge is -2.26. The van der Waals surface area contributed by atoms with Gasteiger partial charge < -0.3 is 13.9 Å². The molecule has 73 heavy (non-hydrogen) atoms. The van der Waals surface area contributed by atoms with Crippen LogP contribution in [0.15, 0.2) is 283 Å². The molecule has 14 rings (SSSR count). The van der Waals surface area contributed by atoms with Gasteiger partial charge in [0, 0.05) is 44.3 Å². The Labute approximate surface area is 423 Å². The van der Waals surface area contributed by atoms with Gasteiger partial charge >= 0.3 is 0 Å². The lowest BCUT2D eigenvalue weighted by atomic mass is 9.94. The average molecular weight is 931 g/mol. The molecule has 0 saturated carbocycles. The number of hydrogen-bond donors (Lipinski definition) is 0. The first kappa shape index (κ1) is 42.2. The number of hydrogen-bond acceptors (Lipinski definition) is 2. The summed E-state index contributed by atoms with van der Waals surface area (Å²) in [5, 5.41) is 7.28.